The molecule has 110 valence electrons. The van der Waals surface area contributed by atoms with Crippen LogP contribution < -0.4 is 5.32 Å². The van der Waals surface area contributed by atoms with E-state index in [2.05, 4.69) is 5.32 Å². The smallest absolute Gasteiger partial charge is 0.325 e. The quantitative estimate of drug-likeness (QED) is 0.682. The first-order valence-corrected chi connectivity index (χ1v) is 6.21. The van der Waals surface area contributed by atoms with Crippen LogP contribution in [0.15, 0.2) is 24.3 Å². The summed E-state index contributed by atoms with van der Waals surface area (Å²) in [6.45, 7) is 3.09. The number of hydrogen-bond acceptors (Lipinski definition) is 2. The van der Waals surface area contributed by atoms with Crippen LogP contribution in [-0.4, -0.2) is 23.7 Å². The maximum absolute atomic E-state index is 12.5. The van der Waals surface area contributed by atoms with Gasteiger partial charge in [0, 0.05) is 5.88 Å². The second kappa shape index (κ2) is 5.83. The van der Waals surface area contributed by atoms with Crippen molar-refractivity contribution >= 4 is 29.0 Å². The summed E-state index contributed by atoms with van der Waals surface area (Å²) >= 11 is 5.62. The molecule has 1 amide bonds. The minimum Gasteiger partial charge on any atom is -0.325 e. The molecule has 0 aliphatic rings. The lowest BCUT2D eigenvalue weighted by molar-refractivity contribution is -0.123. The molecule has 0 saturated heterocycles. The van der Waals surface area contributed by atoms with Gasteiger partial charge in [0.05, 0.1) is 16.7 Å². The van der Waals surface area contributed by atoms with Gasteiger partial charge < -0.3 is 5.32 Å². The van der Waals surface area contributed by atoms with Crippen molar-refractivity contribution in [1.29, 1.82) is 0 Å². The van der Waals surface area contributed by atoms with Gasteiger partial charge in [0.2, 0.25) is 5.91 Å². The predicted molar refractivity (Wildman–Crippen MR) is 70.0 cm³/mol. The Hall–Kier alpha value is -1.56. The third-order valence-corrected chi connectivity index (χ3v) is 3.29. The maximum atomic E-state index is 12.5. The zero-order valence-electron chi connectivity index (χ0n) is 10.8. The van der Waals surface area contributed by atoms with E-state index in [0.717, 1.165) is 6.07 Å². The van der Waals surface area contributed by atoms with Gasteiger partial charge in [-0.25, -0.2) is 0 Å². The van der Waals surface area contributed by atoms with Crippen LogP contribution in [0.1, 0.15) is 24.2 Å². The van der Waals surface area contributed by atoms with Crippen LogP contribution in [0.3, 0.4) is 0 Å². The van der Waals surface area contributed by atoms with E-state index >= 15 is 0 Å². The van der Waals surface area contributed by atoms with Gasteiger partial charge in [0.25, 0.3) is 5.78 Å². The number of alkyl halides is 4. The van der Waals surface area contributed by atoms with E-state index in [4.69, 9.17) is 11.6 Å². The van der Waals surface area contributed by atoms with Crippen LogP contribution in [0.25, 0.3) is 0 Å². The summed E-state index contributed by atoms with van der Waals surface area (Å²) < 4.78 is 37.4. The zero-order valence-corrected chi connectivity index (χ0v) is 11.6. The van der Waals surface area contributed by atoms with Crippen molar-refractivity contribution in [1.82, 2.24) is 0 Å². The van der Waals surface area contributed by atoms with E-state index < -0.39 is 28.8 Å². The van der Waals surface area contributed by atoms with Crippen molar-refractivity contribution in [3.8, 4) is 0 Å². The maximum Gasteiger partial charge on any atom is 0.454 e. The number of rotatable bonds is 4. The molecular formula is C13H13ClF3NO2. The Morgan fingerprint density at radius 3 is 2.25 bits per heavy atom. The van der Waals surface area contributed by atoms with Gasteiger partial charge in [-0.05, 0) is 26.0 Å². The minimum absolute atomic E-state index is 0.00574. The van der Waals surface area contributed by atoms with Gasteiger partial charge in [-0.2, -0.15) is 13.2 Å². The highest BCUT2D eigenvalue weighted by Gasteiger charge is 2.40. The second-order valence-electron chi connectivity index (χ2n) is 4.84. The number of amides is 1. The second-order valence-corrected chi connectivity index (χ2v) is 5.11. The Morgan fingerprint density at radius 2 is 1.75 bits per heavy atom. The Labute approximate surface area is 119 Å². The molecule has 1 N–H and O–H groups in total. The molecule has 3 nitrogen and oxygen atoms in total. The number of hydrogen-bond donors (Lipinski definition) is 1. The highest BCUT2D eigenvalue weighted by molar-refractivity contribution is 6.20. The molecule has 0 saturated carbocycles. The number of para-hydroxylation sites is 1. The molecule has 0 atom stereocenters. The van der Waals surface area contributed by atoms with Crippen LogP contribution in [-0.2, 0) is 4.79 Å². The molecule has 0 heterocycles. The normalized spacial score (nSPS) is 12.1. The summed E-state index contributed by atoms with van der Waals surface area (Å²) in [5, 5.41) is 2.31. The van der Waals surface area contributed by atoms with Crippen LogP contribution >= 0.6 is 11.6 Å². The molecule has 0 spiro atoms. The average Bonchev–Trinajstić information content (AvgIpc) is 2.37. The van der Waals surface area contributed by atoms with Crippen LogP contribution in [0.5, 0.6) is 0 Å². The number of carbonyl (C=O) groups excluding carboxylic acids is 2. The number of carbonyl (C=O) groups is 2. The lowest BCUT2D eigenvalue weighted by Crippen LogP contribution is -2.33. The number of Topliss-reactive ketones (excluding diaryl/α,β-unsaturated/α-hetero) is 1. The van der Waals surface area contributed by atoms with Gasteiger partial charge in [0.1, 0.15) is 0 Å². The van der Waals surface area contributed by atoms with Gasteiger partial charge in [-0.3, -0.25) is 9.59 Å². The fourth-order valence-corrected chi connectivity index (χ4v) is 1.42. The van der Waals surface area contributed by atoms with Crippen molar-refractivity contribution in [3.63, 3.8) is 0 Å². The molecule has 0 aliphatic heterocycles. The highest BCUT2D eigenvalue weighted by atomic mass is 35.5. The fraction of sp³-hybridized carbons (Fsp3) is 0.385. The molecule has 0 bridgehead atoms. The number of benzene rings is 1. The summed E-state index contributed by atoms with van der Waals surface area (Å²) in [7, 11) is 0. The molecule has 0 aromatic heterocycles. The Bertz CT molecular complexity index is 527. The number of ketones is 1. The summed E-state index contributed by atoms with van der Waals surface area (Å²) in [4.78, 5) is 23.2. The van der Waals surface area contributed by atoms with Crippen molar-refractivity contribution in [3.05, 3.63) is 29.8 Å². The van der Waals surface area contributed by atoms with Gasteiger partial charge >= 0.3 is 6.18 Å². The minimum atomic E-state index is -5.00. The van der Waals surface area contributed by atoms with Crippen LogP contribution in [0, 0.1) is 5.41 Å². The molecule has 1 rings (SSSR count). The van der Waals surface area contributed by atoms with Crippen LogP contribution in [0.2, 0.25) is 0 Å². The van der Waals surface area contributed by atoms with Crippen LogP contribution in [0.4, 0.5) is 18.9 Å². The Balaban J connectivity index is 3.10. The lowest BCUT2D eigenvalue weighted by atomic mass is 9.95. The number of nitrogens with one attached hydrogen (secondary N) is 1. The largest absolute Gasteiger partial charge is 0.454 e. The number of anilines is 1. The van der Waals surface area contributed by atoms with E-state index in [0.29, 0.717) is 0 Å². The van der Waals surface area contributed by atoms with Crippen molar-refractivity contribution in [2.45, 2.75) is 20.0 Å². The number of halogens is 4. The third kappa shape index (κ3) is 3.72. The molecule has 0 unspecified atom stereocenters. The highest BCUT2D eigenvalue weighted by Crippen LogP contribution is 2.27. The van der Waals surface area contributed by atoms with Crippen molar-refractivity contribution in [2.75, 3.05) is 11.2 Å². The first-order valence-electron chi connectivity index (χ1n) is 5.67. The summed E-state index contributed by atoms with van der Waals surface area (Å²) in [5.74, 6) is -2.57. The van der Waals surface area contributed by atoms with Crippen molar-refractivity contribution < 1.29 is 22.8 Å². The van der Waals surface area contributed by atoms with Gasteiger partial charge in [-0.15, -0.1) is 11.6 Å². The first-order chi connectivity index (χ1) is 9.09. The SMILES string of the molecule is CC(C)(CCl)C(=O)Nc1ccccc1C(=O)C(F)(F)F. The Morgan fingerprint density at radius 1 is 1.20 bits per heavy atom. The zero-order chi connectivity index (χ0) is 15.6. The molecule has 20 heavy (non-hydrogen) atoms. The molecule has 0 aliphatic carbocycles. The van der Waals surface area contributed by atoms with Crippen molar-refractivity contribution in [2.24, 2.45) is 5.41 Å². The van der Waals surface area contributed by atoms with E-state index in [-0.39, 0.29) is 11.6 Å². The third-order valence-electron chi connectivity index (χ3n) is 2.63. The van der Waals surface area contributed by atoms with Gasteiger partial charge in [0.15, 0.2) is 0 Å². The lowest BCUT2D eigenvalue weighted by Gasteiger charge is -2.21. The predicted octanol–water partition coefficient (Wildman–Crippen LogP) is 3.64. The standard InChI is InChI=1S/C13H13ClF3NO2/c1-12(2,7-14)11(20)18-9-6-4-3-5-8(9)10(19)13(15,16)17/h3-6H,7H2,1-2H3,(H,18,20). The van der Waals surface area contributed by atoms with E-state index in [1.807, 2.05) is 0 Å². The fourth-order valence-electron chi connectivity index (χ4n) is 1.30. The van der Waals surface area contributed by atoms with E-state index in [9.17, 15) is 22.8 Å². The molecule has 1 aromatic rings. The van der Waals surface area contributed by atoms with Gasteiger partial charge in [-0.1, -0.05) is 12.1 Å². The first kappa shape index (κ1) is 16.5. The molecule has 7 heteroatoms. The summed E-state index contributed by atoms with van der Waals surface area (Å²) in [6.07, 6.45) is -5.00. The monoisotopic (exact) mass is 307 g/mol. The average molecular weight is 308 g/mol. The summed E-state index contributed by atoms with van der Waals surface area (Å²) in [5.41, 5.74) is -1.74. The molecule has 1 aromatic carbocycles. The van der Waals surface area contributed by atoms with E-state index in [1.165, 1.54) is 18.2 Å². The molecular weight excluding hydrogens is 295 g/mol. The topological polar surface area (TPSA) is 46.2 Å². The van der Waals surface area contributed by atoms with E-state index in [1.54, 1.807) is 13.8 Å². The molecule has 0 fully saturated rings. The molecule has 0 radical (unpaired) electrons. The summed E-state index contributed by atoms with van der Waals surface area (Å²) in [6, 6.07) is 4.97. The Kier molecular flexibility index (Phi) is 4.81.